The van der Waals surface area contributed by atoms with E-state index in [1.165, 1.54) is 88.0 Å². The van der Waals surface area contributed by atoms with Crippen molar-refractivity contribution in [3.05, 3.63) is 247 Å². The Labute approximate surface area is 364 Å². The van der Waals surface area contributed by atoms with Crippen molar-refractivity contribution >= 4 is 71.3 Å². The molecule has 0 bridgehead atoms. The van der Waals surface area contributed by atoms with Crippen molar-refractivity contribution in [3.8, 4) is 33.4 Å². The molecular weight excluding hydrogens is 763 g/mol. The first-order chi connectivity index (χ1) is 31.3. The van der Waals surface area contributed by atoms with E-state index in [9.17, 15) is 0 Å². The fraction of sp³-hybridized carbons (Fsp3) is 0.0164. The van der Waals surface area contributed by atoms with E-state index >= 15 is 0 Å². The molecule has 2 nitrogen and oxygen atoms in total. The number of nitrogens with zero attached hydrogens (tertiary/aromatic N) is 1. The second-order valence-corrected chi connectivity index (χ2v) is 17.1. The largest absolute Gasteiger partial charge is 0.456 e. The summed E-state index contributed by atoms with van der Waals surface area (Å²) in [6.45, 7) is 0. The van der Waals surface area contributed by atoms with Gasteiger partial charge in [-0.2, -0.15) is 0 Å². The van der Waals surface area contributed by atoms with Crippen LogP contribution in [0.5, 0.6) is 0 Å². The molecule has 1 aromatic heterocycles. The summed E-state index contributed by atoms with van der Waals surface area (Å²) in [4.78, 5) is 2.47. The van der Waals surface area contributed by atoms with Crippen molar-refractivity contribution < 1.29 is 4.42 Å². The molecule has 0 saturated heterocycles. The molecule has 292 valence electrons. The van der Waals surface area contributed by atoms with Crippen molar-refractivity contribution in [1.29, 1.82) is 0 Å². The van der Waals surface area contributed by atoms with Crippen LogP contribution in [0.25, 0.3) is 87.6 Å². The van der Waals surface area contributed by atoms with Gasteiger partial charge in [-0.1, -0.05) is 182 Å². The van der Waals surface area contributed by atoms with Gasteiger partial charge in [-0.15, -0.1) is 0 Å². The van der Waals surface area contributed by atoms with Gasteiger partial charge in [0.15, 0.2) is 0 Å². The third-order valence-electron chi connectivity index (χ3n) is 14.0. The summed E-state index contributed by atoms with van der Waals surface area (Å²) >= 11 is 0. The highest BCUT2D eigenvalue weighted by Gasteiger charge is 2.49. The van der Waals surface area contributed by atoms with Gasteiger partial charge in [-0.3, -0.25) is 0 Å². The molecule has 0 atom stereocenters. The van der Waals surface area contributed by atoms with E-state index < -0.39 is 5.41 Å². The summed E-state index contributed by atoms with van der Waals surface area (Å²) in [5, 5.41) is 9.90. The topological polar surface area (TPSA) is 16.4 Å². The van der Waals surface area contributed by atoms with Gasteiger partial charge in [0, 0.05) is 33.6 Å². The molecular formula is C61H37NO. The minimum atomic E-state index is -0.614. The zero-order chi connectivity index (χ0) is 41.2. The number of anilines is 3. The molecule has 2 heteroatoms. The van der Waals surface area contributed by atoms with Crippen LogP contribution in [0, 0.1) is 0 Å². The van der Waals surface area contributed by atoms with Crippen LogP contribution in [-0.2, 0) is 5.41 Å². The fourth-order valence-electron chi connectivity index (χ4n) is 11.4. The molecule has 11 aromatic carbocycles. The SMILES string of the molecule is c1ccc(-c2ccc(N(c3ccc4c(c3)oc3ccccc34)c3cc4c5c6c(cccc36)-c3cccc6ccc7ccc(c-5c7c36)C4(c3ccccc3)c3ccccc3)cc2)cc1. The van der Waals surface area contributed by atoms with Gasteiger partial charge in [0.25, 0.3) is 0 Å². The van der Waals surface area contributed by atoms with Gasteiger partial charge in [0.1, 0.15) is 11.2 Å². The molecule has 0 spiro atoms. The maximum Gasteiger partial charge on any atom is 0.137 e. The molecule has 14 rings (SSSR count). The fourth-order valence-corrected chi connectivity index (χ4v) is 11.4. The van der Waals surface area contributed by atoms with E-state index in [2.05, 4.69) is 223 Å². The van der Waals surface area contributed by atoms with Crippen LogP contribution in [0.3, 0.4) is 0 Å². The monoisotopic (exact) mass is 799 g/mol. The van der Waals surface area contributed by atoms with E-state index in [4.69, 9.17) is 4.42 Å². The molecule has 2 aliphatic rings. The third kappa shape index (κ3) is 4.67. The Balaban J connectivity index is 1.16. The number of rotatable bonds is 6. The minimum absolute atomic E-state index is 0.614. The number of hydrogen-bond donors (Lipinski definition) is 0. The highest BCUT2D eigenvalue weighted by atomic mass is 16.3. The first kappa shape index (κ1) is 34.5. The molecule has 0 saturated carbocycles. The Morgan fingerprint density at radius 2 is 0.921 bits per heavy atom. The van der Waals surface area contributed by atoms with Gasteiger partial charge < -0.3 is 9.32 Å². The van der Waals surface area contributed by atoms with Crippen molar-refractivity contribution in [2.75, 3.05) is 4.90 Å². The molecule has 1 heterocycles. The highest BCUT2D eigenvalue weighted by Crippen LogP contribution is 2.64. The molecule has 0 aliphatic heterocycles. The zero-order valence-electron chi connectivity index (χ0n) is 34.2. The van der Waals surface area contributed by atoms with Crippen molar-refractivity contribution in [2.45, 2.75) is 5.41 Å². The lowest BCUT2D eigenvalue weighted by atomic mass is 9.67. The molecule has 2 aliphatic carbocycles. The smallest absolute Gasteiger partial charge is 0.137 e. The Hall–Kier alpha value is -8.20. The van der Waals surface area contributed by atoms with Gasteiger partial charge >= 0.3 is 0 Å². The lowest BCUT2D eigenvalue weighted by molar-refractivity contribution is 0.669. The third-order valence-corrected chi connectivity index (χ3v) is 14.0. The molecule has 0 radical (unpaired) electrons. The maximum absolute atomic E-state index is 6.62. The number of hydrogen-bond acceptors (Lipinski definition) is 2. The quantitative estimate of drug-likeness (QED) is 0.156. The van der Waals surface area contributed by atoms with Crippen LogP contribution < -0.4 is 4.90 Å². The maximum atomic E-state index is 6.62. The van der Waals surface area contributed by atoms with Crippen LogP contribution >= 0.6 is 0 Å². The Morgan fingerprint density at radius 1 is 0.349 bits per heavy atom. The van der Waals surface area contributed by atoms with Crippen LogP contribution in [0.15, 0.2) is 229 Å². The summed E-state index contributed by atoms with van der Waals surface area (Å²) in [6.07, 6.45) is 0. The average Bonchev–Trinajstić information content (AvgIpc) is 3.83. The molecule has 63 heavy (non-hydrogen) atoms. The van der Waals surface area contributed by atoms with Gasteiger partial charge in [-0.25, -0.2) is 0 Å². The summed E-state index contributed by atoms with van der Waals surface area (Å²) in [7, 11) is 0. The van der Waals surface area contributed by atoms with Gasteiger partial charge in [0.05, 0.1) is 11.1 Å². The van der Waals surface area contributed by atoms with Crippen molar-refractivity contribution in [1.82, 2.24) is 0 Å². The van der Waals surface area contributed by atoms with E-state index in [0.29, 0.717) is 0 Å². The predicted octanol–water partition coefficient (Wildman–Crippen LogP) is 16.5. The lowest BCUT2D eigenvalue weighted by Crippen LogP contribution is -2.29. The highest BCUT2D eigenvalue weighted by molar-refractivity contribution is 6.30. The van der Waals surface area contributed by atoms with Gasteiger partial charge in [0.2, 0.25) is 0 Å². The predicted molar refractivity (Wildman–Crippen MR) is 263 cm³/mol. The minimum Gasteiger partial charge on any atom is -0.456 e. The summed E-state index contributed by atoms with van der Waals surface area (Å²) < 4.78 is 6.62. The van der Waals surface area contributed by atoms with Crippen LogP contribution in [0.4, 0.5) is 17.1 Å². The summed E-state index contributed by atoms with van der Waals surface area (Å²) in [5.41, 5.74) is 17.1. The van der Waals surface area contributed by atoms with Crippen LogP contribution in [0.1, 0.15) is 22.3 Å². The first-order valence-corrected chi connectivity index (χ1v) is 21.8. The number of fused-ring (bicyclic) bond motifs is 4. The number of para-hydroxylation sites is 1. The first-order valence-electron chi connectivity index (χ1n) is 21.8. The summed E-state index contributed by atoms with van der Waals surface area (Å²) in [5.74, 6) is 0. The standard InChI is InChI=1S/C61H37NO/c1-4-14-38(15-5-1)39-28-31-44(32-29-39)62(45-33-34-47-46-21-10-11-25-54(46)63-55(47)36-45)53-37-52-60-58-49(23-13-24-50(53)58)48-22-12-16-40-26-27-41-30-35-51(59(60)57(41)56(40)48)61(52,42-17-6-2-7-18-42)43-19-8-3-9-20-43/h1-37H. The van der Waals surface area contributed by atoms with E-state index in [1.807, 2.05) is 6.07 Å². The molecule has 12 aromatic rings. The normalized spacial score (nSPS) is 13.2. The summed E-state index contributed by atoms with van der Waals surface area (Å²) in [6, 6.07) is 83.0. The second-order valence-electron chi connectivity index (χ2n) is 17.1. The van der Waals surface area contributed by atoms with Crippen molar-refractivity contribution in [3.63, 3.8) is 0 Å². The van der Waals surface area contributed by atoms with Gasteiger partial charge in [-0.05, 0) is 119 Å². The molecule has 0 unspecified atom stereocenters. The van der Waals surface area contributed by atoms with E-state index in [-0.39, 0.29) is 0 Å². The number of benzene rings is 11. The Bertz CT molecular complexity index is 3790. The zero-order valence-corrected chi connectivity index (χ0v) is 34.2. The molecule has 0 N–H and O–H groups in total. The van der Waals surface area contributed by atoms with Crippen molar-refractivity contribution in [2.24, 2.45) is 0 Å². The Kier molecular flexibility index (Phi) is 7.07. The second kappa shape index (κ2) is 12.9. The lowest BCUT2D eigenvalue weighted by Gasteiger charge is -2.35. The van der Waals surface area contributed by atoms with Crippen LogP contribution in [-0.4, -0.2) is 0 Å². The molecule has 0 fully saturated rings. The van der Waals surface area contributed by atoms with E-state index in [1.54, 1.807) is 0 Å². The Morgan fingerprint density at radius 3 is 1.68 bits per heavy atom. The number of furan rings is 1. The molecule has 0 amide bonds. The van der Waals surface area contributed by atoms with E-state index in [0.717, 1.165) is 39.0 Å². The van der Waals surface area contributed by atoms with Crippen LogP contribution in [0.2, 0.25) is 0 Å². The average molecular weight is 800 g/mol.